The van der Waals surface area contributed by atoms with Crippen molar-refractivity contribution in [1.29, 1.82) is 0 Å². The van der Waals surface area contributed by atoms with Crippen molar-refractivity contribution in [3.8, 4) is 0 Å². The maximum Gasteiger partial charge on any atom is 0.129 e. The lowest BCUT2D eigenvalue weighted by atomic mass is 9.90. The highest BCUT2D eigenvalue weighted by atomic mass is 16.1. The van der Waals surface area contributed by atoms with Gasteiger partial charge in [0, 0.05) is 19.2 Å². The summed E-state index contributed by atoms with van der Waals surface area (Å²) in [7, 11) is 1.98. The molecule has 0 aliphatic heterocycles. The number of aromatic nitrogens is 2. The molecule has 3 heteroatoms. The molecule has 3 nitrogen and oxygen atoms in total. The number of Topliss-reactive ketones (excluding diaryl/α,β-unsaturated/α-hetero) is 1. The first kappa shape index (κ1) is 12.9. The molecular formula is C13H22N2O. The first-order valence-electron chi connectivity index (χ1n) is 5.96. The van der Waals surface area contributed by atoms with Gasteiger partial charge in [0.25, 0.3) is 0 Å². The Balaban J connectivity index is 2.90. The number of hydrogen-bond acceptors (Lipinski definition) is 2. The summed E-state index contributed by atoms with van der Waals surface area (Å²) in [6.07, 6.45) is 2.69. The highest BCUT2D eigenvalue weighted by Gasteiger charge is 2.18. The molecule has 0 spiro atoms. The monoisotopic (exact) mass is 222 g/mol. The van der Waals surface area contributed by atoms with E-state index in [0.29, 0.717) is 12.3 Å². The molecule has 16 heavy (non-hydrogen) atoms. The van der Waals surface area contributed by atoms with Crippen molar-refractivity contribution in [2.24, 2.45) is 7.05 Å². The van der Waals surface area contributed by atoms with Crippen LogP contribution in [0.25, 0.3) is 0 Å². The molecule has 0 saturated carbocycles. The zero-order chi connectivity index (χ0) is 12.3. The van der Waals surface area contributed by atoms with Gasteiger partial charge in [0.1, 0.15) is 5.78 Å². The number of hydrogen-bond donors (Lipinski definition) is 0. The van der Waals surface area contributed by atoms with E-state index in [9.17, 15) is 4.79 Å². The molecule has 1 aromatic heterocycles. The summed E-state index contributed by atoms with van der Waals surface area (Å²) < 4.78 is 1.93. The lowest BCUT2D eigenvalue weighted by molar-refractivity contribution is -0.117. The molecule has 0 aliphatic rings. The number of nitrogens with zero attached hydrogens (tertiary/aromatic N) is 2. The van der Waals surface area contributed by atoms with Crippen LogP contribution < -0.4 is 0 Å². The second-order valence-electron chi connectivity index (χ2n) is 4.55. The minimum absolute atomic E-state index is 0.276. The summed E-state index contributed by atoms with van der Waals surface area (Å²) >= 11 is 0. The van der Waals surface area contributed by atoms with Crippen LogP contribution in [0.5, 0.6) is 0 Å². The van der Waals surface area contributed by atoms with E-state index >= 15 is 0 Å². The van der Waals surface area contributed by atoms with Crippen LogP contribution in [0.4, 0.5) is 0 Å². The van der Waals surface area contributed by atoms with Gasteiger partial charge in [0.15, 0.2) is 0 Å². The summed E-state index contributed by atoms with van der Waals surface area (Å²) in [5.41, 5.74) is 3.68. The molecule has 1 unspecified atom stereocenters. The minimum atomic E-state index is 0.276. The Hall–Kier alpha value is -1.12. The van der Waals surface area contributed by atoms with E-state index in [1.165, 1.54) is 11.3 Å². The Kier molecular flexibility index (Phi) is 4.27. The molecule has 0 amide bonds. The second-order valence-corrected chi connectivity index (χ2v) is 4.55. The van der Waals surface area contributed by atoms with Gasteiger partial charge in [0.2, 0.25) is 0 Å². The number of carbonyl (C=O) groups is 1. The Morgan fingerprint density at radius 3 is 2.44 bits per heavy atom. The lowest BCUT2D eigenvalue weighted by Gasteiger charge is -2.14. The van der Waals surface area contributed by atoms with E-state index in [-0.39, 0.29) is 5.78 Å². The molecule has 0 radical (unpaired) electrons. The molecule has 0 saturated heterocycles. The average Bonchev–Trinajstić information content (AvgIpc) is 2.45. The van der Waals surface area contributed by atoms with Crippen molar-refractivity contribution in [2.45, 2.75) is 52.9 Å². The molecular weight excluding hydrogens is 200 g/mol. The van der Waals surface area contributed by atoms with Crippen molar-refractivity contribution < 1.29 is 4.79 Å². The van der Waals surface area contributed by atoms with Crippen LogP contribution in [0.15, 0.2) is 0 Å². The van der Waals surface area contributed by atoms with E-state index in [4.69, 9.17) is 0 Å². The van der Waals surface area contributed by atoms with Gasteiger partial charge in [-0.15, -0.1) is 0 Å². The van der Waals surface area contributed by atoms with E-state index < -0.39 is 0 Å². The molecule has 0 fully saturated rings. The van der Waals surface area contributed by atoms with Gasteiger partial charge in [-0.1, -0.05) is 6.92 Å². The molecule has 1 aromatic rings. The second kappa shape index (κ2) is 5.28. The fourth-order valence-electron chi connectivity index (χ4n) is 2.31. The van der Waals surface area contributed by atoms with Crippen molar-refractivity contribution >= 4 is 5.78 Å². The van der Waals surface area contributed by atoms with Crippen LogP contribution in [0.1, 0.15) is 56.0 Å². The van der Waals surface area contributed by atoms with Crippen LogP contribution >= 0.6 is 0 Å². The van der Waals surface area contributed by atoms with Gasteiger partial charge in [-0.2, -0.15) is 5.10 Å². The first-order chi connectivity index (χ1) is 7.47. The predicted molar refractivity (Wildman–Crippen MR) is 65.6 cm³/mol. The van der Waals surface area contributed by atoms with Crippen molar-refractivity contribution in [1.82, 2.24) is 9.78 Å². The Morgan fingerprint density at radius 1 is 1.44 bits per heavy atom. The van der Waals surface area contributed by atoms with Gasteiger partial charge >= 0.3 is 0 Å². The Bertz CT molecular complexity index is 380. The fourth-order valence-corrected chi connectivity index (χ4v) is 2.31. The van der Waals surface area contributed by atoms with Crippen molar-refractivity contribution in [2.75, 3.05) is 0 Å². The molecule has 90 valence electrons. The van der Waals surface area contributed by atoms with Gasteiger partial charge in [0.05, 0.1) is 5.69 Å². The van der Waals surface area contributed by atoms with Crippen LogP contribution in [-0.2, 0) is 11.8 Å². The van der Waals surface area contributed by atoms with E-state index in [2.05, 4.69) is 25.9 Å². The first-order valence-corrected chi connectivity index (χ1v) is 5.96. The maximum atomic E-state index is 11.0. The van der Waals surface area contributed by atoms with Gasteiger partial charge in [-0.05, 0) is 45.1 Å². The summed E-state index contributed by atoms with van der Waals surface area (Å²) in [5.74, 6) is 0.746. The summed E-state index contributed by atoms with van der Waals surface area (Å²) in [4.78, 5) is 11.0. The van der Waals surface area contributed by atoms with Gasteiger partial charge in [-0.25, -0.2) is 0 Å². The number of ketones is 1. The lowest BCUT2D eigenvalue weighted by Crippen LogP contribution is -2.04. The Morgan fingerprint density at radius 2 is 2.06 bits per heavy atom. The minimum Gasteiger partial charge on any atom is -0.300 e. The molecule has 0 aromatic carbocycles. The number of aryl methyl sites for hydroxylation is 2. The SMILES string of the molecule is CCC(CCC(C)=O)c1c(C)nn(C)c1C. The van der Waals surface area contributed by atoms with Crippen molar-refractivity contribution in [3.05, 3.63) is 17.0 Å². The quantitative estimate of drug-likeness (QED) is 0.767. The third kappa shape index (κ3) is 2.71. The Labute approximate surface area is 97.8 Å². The zero-order valence-electron chi connectivity index (χ0n) is 11.0. The molecule has 0 bridgehead atoms. The van der Waals surface area contributed by atoms with Crippen LogP contribution in [0.2, 0.25) is 0 Å². The number of rotatable bonds is 5. The van der Waals surface area contributed by atoms with Crippen molar-refractivity contribution in [3.63, 3.8) is 0 Å². The highest BCUT2D eigenvalue weighted by molar-refractivity contribution is 5.75. The summed E-state index contributed by atoms with van der Waals surface area (Å²) in [6.45, 7) is 8.00. The normalized spacial score (nSPS) is 12.8. The molecule has 1 atom stereocenters. The van der Waals surface area contributed by atoms with E-state index in [0.717, 1.165) is 18.5 Å². The maximum absolute atomic E-state index is 11.0. The number of carbonyl (C=O) groups excluding carboxylic acids is 1. The van der Waals surface area contributed by atoms with Crippen LogP contribution in [0.3, 0.4) is 0 Å². The van der Waals surface area contributed by atoms with E-state index in [1.807, 2.05) is 11.7 Å². The van der Waals surface area contributed by atoms with Gasteiger partial charge < -0.3 is 4.79 Å². The smallest absolute Gasteiger partial charge is 0.129 e. The molecule has 0 aliphatic carbocycles. The van der Waals surface area contributed by atoms with Gasteiger partial charge in [-0.3, -0.25) is 4.68 Å². The summed E-state index contributed by atoms with van der Waals surface area (Å²) in [6, 6.07) is 0. The van der Waals surface area contributed by atoms with E-state index in [1.54, 1.807) is 6.92 Å². The molecule has 0 N–H and O–H groups in total. The fraction of sp³-hybridized carbons (Fsp3) is 0.692. The average molecular weight is 222 g/mol. The molecule has 1 rings (SSSR count). The standard InChI is InChI=1S/C13H22N2O/c1-6-12(8-7-9(2)16)13-10(3)14-15(5)11(13)4/h12H,6-8H2,1-5H3. The third-order valence-corrected chi connectivity index (χ3v) is 3.31. The zero-order valence-corrected chi connectivity index (χ0v) is 11.0. The van der Waals surface area contributed by atoms with Crippen LogP contribution in [-0.4, -0.2) is 15.6 Å². The topological polar surface area (TPSA) is 34.9 Å². The summed E-state index contributed by atoms with van der Waals surface area (Å²) in [5, 5.41) is 4.44. The molecule has 1 heterocycles. The third-order valence-electron chi connectivity index (χ3n) is 3.31. The van der Waals surface area contributed by atoms with Crippen LogP contribution in [0, 0.1) is 13.8 Å². The largest absolute Gasteiger partial charge is 0.300 e. The highest BCUT2D eigenvalue weighted by Crippen LogP contribution is 2.29. The predicted octanol–water partition coefficient (Wildman–Crippen LogP) is 2.90.